The van der Waals surface area contributed by atoms with E-state index >= 15 is 0 Å². The Balaban J connectivity index is 1.94. The van der Waals surface area contributed by atoms with Gasteiger partial charge in [0.05, 0.1) is 13.7 Å². The van der Waals surface area contributed by atoms with E-state index in [0.29, 0.717) is 12.6 Å². The fourth-order valence-corrected chi connectivity index (χ4v) is 4.31. The molecule has 2 fully saturated rings. The van der Waals surface area contributed by atoms with E-state index in [-0.39, 0.29) is 11.5 Å². The molecule has 0 N–H and O–H groups in total. The van der Waals surface area contributed by atoms with E-state index in [2.05, 4.69) is 51.8 Å². The highest BCUT2D eigenvalue weighted by Gasteiger charge is 2.50. The number of esters is 1. The van der Waals surface area contributed by atoms with E-state index in [0.717, 1.165) is 12.8 Å². The molecule has 1 aromatic rings. The summed E-state index contributed by atoms with van der Waals surface area (Å²) in [6.07, 6.45) is 5.98. The molecule has 0 saturated carbocycles. The van der Waals surface area contributed by atoms with E-state index in [1.54, 1.807) is 0 Å². The average Bonchev–Trinajstić information content (AvgIpc) is 2.67. The second-order valence-electron chi connectivity index (χ2n) is 5.83. The van der Waals surface area contributed by atoms with Crippen molar-refractivity contribution < 1.29 is 9.53 Å². The lowest BCUT2D eigenvalue weighted by atomic mass is 9.81. The number of hydrogen-bond acceptors (Lipinski definition) is 3. The molecule has 2 aliphatic rings. The quantitative estimate of drug-likeness (QED) is 0.591. The van der Waals surface area contributed by atoms with Gasteiger partial charge in [-0.2, -0.15) is 0 Å². The van der Waals surface area contributed by atoms with E-state index in [4.69, 9.17) is 4.74 Å². The number of halogens is 1. The van der Waals surface area contributed by atoms with Crippen molar-refractivity contribution in [1.82, 2.24) is 4.90 Å². The third-order valence-electron chi connectivity index (χ3n) is 4.92. The van der Waals surface area contributed by atoms with E-state index in [1.165, 1.54) is 35.5 Å². The molecule has 2 heterocycles. The number of nitrogens with zero attached hydrogens (tertiary/aromatic N) is 1. The summed E-state index contributed by atoms with van der Waals surface area (Å²) in [4.78, 5) is 14.2. The number of ether oxygens (including phenoxy) is 1. The summed E-state index contributed by atoms with van der Waals surface area (Å²) >= 11 is 2.34. The number of carbonyl (C=O) groups excluding carboxylic acids is 1. The van der Waals surface area contributed by atoms with Gasteiger partial charge in [-0.15, -0.1) is 0 Å². The van der Waals surface area contributed by atoms with Crippen molar-refractivity contribution in [1.29, 1.82) is 0 Å². The Morgan fingerprint density at radius 3 is 2.80 bits per heavy atom. The van der Waals surface area contributed by atoms with E-state index in [1.807, 2.05) is 0 Å². The topological polar surface area (TPSA) is 29.5 Å². The first-order valence-corrected chi connectivity index (χ1v) is 8.33. The zero-order valence-electron chi connectivity index (χ0n) is 11.8. The van der Waals surface area contributed by atoms with Gasteiger partial charge in [0, 0.05) is 15.2 Å². The van der Waals surface area contributed by atoms with Crippen molar-refractivity contribution in [3.63, 3.8) is 0 Å². The largest absolute Gasteiger partial charge is 0.468 e. The smallest absolute Gasteiger partial charge is 0.319 e. The molecule has 2 atom stereocenters. The Labute approximate surface area is 133 Å². The molecule has 20 heavy (non-hydrogen) atoms. The molecular weight excluding hydrogens is 365 g/mol. The molecule has 3 rings (SSSR count). The minimum atomic E-state index is -0.117. The van der Waals surface area contributed by atoms with Gasteiger partial charge in [-0.05, 0) is 72.4 Å². The van der Waals surface area contributed by atoms with Gasteiger partial charge in [0.1, 0.15) is 0 Å². The summed E-state index contributed by atoms with van der Waals surface area (Å²) < 4.78 is 6.15. The van der Waals surface area contributed by atoms with Gasteiger partial charge < -0.3 is 4.74 Å². The molecule has 0 spiro atoms. The molecule has 0 aromatic heterocycles. The maximum Gasteiger partial charge on any atom is 0.319 e. The second-order valence-corrected chi connectivity index (χ2v) is 7.07. The lowest BCUT2D eigenvalue weighted by Gasteiger charge is -2.44. The number of hydrogen-bond donors (Lipinski definition) is 0. The van der Waals surface area contributed by atoms with Crippen molar-refractivity contribution in [3.05, 3.63) is 33.4 Å². The van der Waals surface area contributed by atoms with E-state index < -0.39 is 0 Å². The monoisotopic (exact) mass is 385 g/mol. The van der Waals surface area contributed by atoms with Crippen molar-refractivity contribution in [3.8, 4) is 0 Å². The zero-order valence-corrected chi connectivity index (χ0v) is 13.9. The van der Waals surface area contributed by atoms with Crippen LogP contribution in [0.3, 0.4) is 0 Å². The van der Waals surface area contributed by atoms with Crippen LogP contribution in [0.1, 0.15) is 37.7 Å². The van der Waals surface area contributed by atoms with Crippen LogP contribution in [-0.4, -0.2) is 30.6 Å². The molecule has 0 unspecified atom stereocenters. The molecule has 4 heteroatoms. The summed E-state index contributed by atoms with van der Waals surface area (Å²) in [5.74, 6) is -0.117. The Morgan fingerprint density at radius 1 is 1.35 bits per heavy atom. The normalized spacial score (nSPS) is 29.4. The minimum Gasteiger partial charge on any atom is -0.468 e. The highest BCUT2D eigenvalue weighted by molar-refractivity contribution is 14.1. The van der Waals surface area contributed by atoms with Crippen LogP contribution >= 0.6 is 22.6 Å². The van der Waals surface area contributed by atoms with Crippen LogP contribution in [0.15, 0.2) is 24.3 Å². The Bertz CT molecular complexity index is 498. The number of rotatable bonds is 3. The van der Waals surface area contributed by atoms with Crippen LogP contribution in [0, 0.1) is 3.57 Å². The molecular formula is C16H20INO2. The highest BCUT2D eigenvalue weighted by atomic mass is 127. The van der Waals surface area contributed by atoms with Crippen LogP contribution in [0.4, 0.5) is 0 Å². The predicted molar refractivity (Wildman–Crippen MR) is 86.4 cm³/mol. The van der Waals surface area contributed by atoms with Crippen molar-refractivity contribution in [2.24, 2.45) is 0 Å². The molecule has 2 bridgehead atoms. The first kappa shape index (κ1) is 14.3. The molecule has 0 radical (unpaired) electrons. The third-order valence-corrected chi connectivity index (χ3v) is 5.64. The molecule has 0 amide bonds. The van der Waals surface area contributed by atoms with Gasteiger partial charge in [0.25, 0.3) is 0 Å². The van der Waals surface area contributed by atoms with Gasteiger partial charge in [-0.25, -0.2) is 0 Å². The number of benzene rings is 1. The fraction of sp³-hybridized carbons (Fsp3) is 0.562. The number of carbonyl (C=O) groups is 1. The van der Waals surface area contributed by atoms with E-state index in [9.17, 15) is 4.79 Å². The van der Waals surface area contributed by atoms with Crippen LogP contribution in [-0.2, 0) is 15.1 Å². The summed E-state index contributed by atoms with van der Waals surface area (Å²) in [5, 5.41) is 0. The number of fused-ring (bicyclic) bond motifs is 2. The summed E-state index contributed by atoms with van der Waals surface area (Å²) in [6.45, 7) is 0.424. The van der Waals surface area contributed by atoms with Crippen LogP contribution < -0.4 is 0 Å². The van der Waals surface area contributed by atoms with Crippen LogP contribution in [0.5, 0.6) is 0 Å². The Morgan fingerprint density at radius 2 is 2.10 bits per heavy atom. The lowest BCUT2D eigenvalue weighted by molar-refractivity contribution is -0.144. The highest BCUT2D eigenvalue weighted by Crippen LogP contribution is 2.50. The molecule has 3 nitrogen and oxygen atoms in total. The summed E-state index contributed by atoms with van der Waals surface area (Å²) in [5.41, 5.74) is 1.42. The van der Waals surface area contributed by atoms with Crippen LogP contribution in [0.2, 0.25) is 0 Å². The van der Waals surface area contributed by atoms with Crippen molar-refractivity contribution in [2.75, 3.05) is 13.7 Å². The Kier molecular flexibility index (Phi) is 4.04. The van der Waals surface area contributed by atoms with Gasteiger partial charge >= 0.3 is 5.97 Å². The molecule has 2 saturated heterocycles. The minimum absolute atomic E-state index is 0.0570. The SMILES string of the molecule is COC(=O)CN1[C@@H]2CCC[C@@]1(c1ccc(I)cc1)CC2. The molecule has 108 valence electrons. The first-order chi connectivity index (χ1) is 9.65. The predicted octanol–water partition coefficient (Wildman–Crippen LogP) is 3.31. The van der Waals surface area contributed by atoms with Crippen LogP contribution in [0.25, 0.3) is 0 Å². The maximum absolute atomic E-state index is 11.8. The molecule has 1 aromatic carbocycles. The third kappa shape index (κ3) is 2.37. The Hall–Kier alpha value is -0.620. The second kappa shape index (κ2) is 5.64. The average molecular weight is 385 g/mol. The number of piperidine rings is 1. The molecule has 2 aliphatic heterocycles. The van der Waals surface area contributed by atoms with Gasteiger partial charge in [0.15, 0.2) is 0 Å². The summed E-state index contributed by atoms with van der Waals surface area (Å²) in [6, 6.07) is 9.35. The van der Waals surface area contributed by atoms with Crippen molar-refractivity contribution >= 4 is 28.6 Å². The fourth-order valence-electron chi connectivity index (χ4n) is 3.95. The van der Waals surface area contributed by atoms with Gasteiger partial charge in [-0.1, -0.05) is 12.1 Å². The zero-order chi connectivity index (χ0) is 14.2. The van der Waals surface area contributed by atoms with Gasteiger partial charge in [-0.3, -0.25) is 9.69 Å². The summed E-state index contributed by atoms with van der Waals surface area (Å²) in [7, 11) is 1.48. The van der Waals surface area contributed by atoms with Gasteiger partial charge in [0.2, 0.25) is 0 Å². The first-order valence-electron chi connectivity index (χ1n) is 7.25. The number of methoxy groups -OCH3 is 1. The maximum atomic E-state index is 11.8. The lowest BCUT2D eigenvalue weighted by Crippen LogP contribution is -2.50. The molecule has 0 aliphatic carbocycles. The standard InChI is InChI=1S/C16H20INO2/c1-20-15(19)11-18-14-3-2-9-16(18,10-8-14)12-4-6-13(17)7-5-12/h4-7,14H,2-3,8-11H2,1H3/t14-,16+/m1/s1. The van der Waals surface area contributed by atoms with Crippen molar-refractivity contribution in [2.45, 2.75) is 43.7 Å².